The van der Waals surface area contributed by atoms with Crippen molar-refractivity contribution in [1.29, 1.82) is 0 Å². The average Bonchev–Trinajstić information content (AvgIpc) is 2.99. The van der Waals surface area contributed by atoms with Gasteiger partial charge in [0.25, 0.3) is 5.91 Å². The van der Waals surface area contributed by atoms with Gasteiger partial charge in [0.1, 0.15) is 12.4 Å². The van der Waals surface area contributed by atoms with Crippen LogP contribution in [0.3, 0.4) is 0 Å². The number of nitrogens with zero attached hydrogens (tertiary/aromatic N) is 1. The van der Waals surface area contributed by atoms with Gasteiger partial charge in [0, 0.05) is 23.2 Å². The van der Waals surface area contributed by atoms with Gasteiger partial charge in [0.2, 0.25) is 0 Å². The Bertz CT molecular complexity index is 1070. The van der Waals surface area contributed by atoms with Gasteiger partial charge in [-0.05, 0) is 37.1 Å². The summed E-state index contributed by atoms with van der Waals surface area (Å²) >= 11 is 0. The van der Waals surface area contributed by atoms with E-state index in [-0.39, 0.29) is 5.91 Å². The third-order valence-corrected chi connectivity index (χ3v) is 5.10. The van der Waals surface area contributed by atoms with Crippen LogP contribution in [0, 0.1) is 6.92 Å². The highest BCUT2D eigenvalue weighted by Gasteiger charge is 2.31. The van der Waals surface area contributed by atoms with E-state index in [0.29, 0.717) is 6.61 Å². The lowest BCUT2D eigenvalue weighted by molar-refractivity contribution is -0.113. The summed E-state index contributed by atoms with van der Waals surface area (Å²) in [5.41, 5.74) is 5.95. The van der Waals surface area contributed by atoms with Gasteiger partial charge >= 0.3 is 0 Å². The summed E-state index contributed by atoms with van der Waals surface area (Å²) in [6, 6.07) is 24.2. The summed E-state index contributed by atoms with van der Waals surface area (Å²) in [4.78, 5) is 15.0. The lowest BCUT2D eigenvalue weighted by Crippen LogP contribution is -2.26. The summed E-state index contributed by atoms with van der Waals surface area (Å²) in [7, 11) is 0. The molecular weight excluding hydrogens is 358 g/mol. The van der Waals surface area contributed by atoms with Crippen molar-refractivity contribution in [3.63, 3.8) is 0 Å². The number of amides is 1. The molecule has 0 atom stereocenters. The number of aryl methyl sites for hydroxylation is 1. The standard InChI is InChI=1S/C26H25NO2/c1-3-15-27-24-13-6-5-12-22(24)23(26(27)28)17-21-11-4-7-14-25(21)29-18-20-10-8-9-19(2)16-20/h4-14,16-17H,3,15,18H2,1-2H3/b23-17-. The predicted molar refractivity (Wildman–Crippen MR) is 119 cm³/mol. The summed E-state index contributed by atoms with van der Waals surface area (Å²) in [5.74, 6) is 0.835. The number of para-hydroxylation sites is 2. The van der Waals surface area contributed by atoms with Crippen molar-refractivity contribution < 1.29 is 9.53 Å². The number of rotatable bonds is 6. The molecular formula is C26H25NO2. The second-order valence-corrected chi connectivity index (χ2v) is 7.35. The van der Waals surface area contributed by atoms with Crippen molar-refractivity contribution in [1.82, 2.24) is 0 Å². The molecule has 1 amide bonds. The molecule has 1 aliphatic rings. The zero-order chi connectivity index (χ0) is 20.2. The molecule has 0 N–H and O–H groups in total. The first-order chi connectivity index (χ1) is 14.2. The molecule has 1 heterocycles. The molecule has 29 heavy (non-hydrogen) atoms. The molecule has 3 aromatic rings. The largest absolute Gasteiger partial charge is 0.488 e. The number of benzene rings is 3. The molecule has 3 nitrogen and oxygen atoms in total. The lowest BCUT2D eigenvalue weighted by atomic mass is 10.0. The third-order valence-electron chi connectivity index (χ3n) is 5.10. The molecule has 0 saturated heterocycles. The van der Waals surface area contributed by atoms with E-state index in [2.05, 4.69) is 32.0 Å². The summed E-state index contributed by atoms with van der Waals surface area (Å²) in [6.45, 7) is 5.38. The summed E-state index contributed by atoms with van der Waals surface area (Å²) in [6.07, 6.45) is 2.88. The smallest absolute Gasteiger partial charge is 0.258 e. The fourth-order valence-electron chi connectivity index (χ4n) is 3.74. The molecule has 0 saturated carbocycles. The first kappa shape index (κ1) is 19.0. The molecule has 0 unspecified atom stereocenters. The van der Waals surface area contributed by atoms with Gasteiger partial charge in [-0.15, -0.1) is 0 Å². The van der Waals surface area contributed by atoms with Crippen molar-refractivity contribution in [2.24, 2.45) is 0 Å². The number of carbonyl (C=O) groups excluding carboxylic acids is 1. The second-order valence-electron chi connectivity index (χ2n) is 7.35. The van der Waals surface area contributed by atoms with E-state index in [1.807, 2.05) is 65.6 Å². The second kappa shape index (κ2) is 8.36. The van der Waals surface area contributed by atoms with Crippen LogP contribution in [-0.4, -0.2) is 12.5 Å². The molecule has 0 aromatic heterocycles. The minimum atomic E-state index is 0.0570. The predicted octanol–water partition coefficient (Wildman–Crippen LogP) is 5.87. The van der Waals surface area contributed by atoms with Crippen LogP contribution in [0.5, 0.6) is 5.75 Å². The van der Waals surface area contributed by atoms with E-state index in [1.54, 1.807) is 0 Å². The minimum absolute atomic E-state index is 0.0570. The van der Waals surface area contributed by atoms with Crippen LogP contribution >= 0.6 is 0 Å². The SMILES string of the molecule is CCCN1C(=O)/C(=C\c2ccccc2OCc2cccc(C)c2)c2ccccc21. The van der Waals surface area contributed by atoms with Gasteiger partial charge in [0.15, 0.2) is 0 Å². The van der Waals surface area contributed by atoms with Crippen LogP contribution in [-0.2, 0) is 11.4 Å². The van der Waals surface area contributed by atoms with E-state index < -0.39 is 0 Å². The number of fused-ring (bicyclic) bond motifs is 1. The van der Waals surface area contributed by atoms with Gasteiger partial charge in [-0.2, -0.15) is 0 Å². The van der Waals surface area contributed by atoms with Crippen LogP contribution in [0.4, 0.5) is 5.69 Å². The molecule has 0 radical (unpaired) electrons. The van der Waals surface area contributed by atoms with Crippen LogP contribution < -0.4 is 9.64 Å². The topological polar surface area (TPSA) is 29.5 Å². The first-order valence-corrected chi connectivity index (χ1v) is 10.1. The van der Waals surface area contributed by atoms with E-state index in [0.717, 1.165) is 46.7 Å². The van der Waals surface area contributed by atoms with E-state index in [1.165, 1.54) is 5.56 Å². The average molecular weight is 383 g/mol. The van der Waals surface area contributed by atoms with E-state index in [9.17, 15) is 4.79 Å². The number of hydrogen-bond acceptors (Lipinski definition) is 2. The van der Waals surface area contributed by atoms with Gasteiger partial charge in [-0.1, -0.05) is 73.2 Å². The number of anilines is 1. The van der Waals surface area contributed by atoms with Crippen molar-refractivity contribution >= 4 is 23.2 Å². The fraction of sp³-hybridized carbons (Fsp3) is 0.192. The van der Waals surface area contributed by atoms with Gasteiger partial charge in [0.05, 0.1) is 5.69 Å². The molecule has 0 aliphatic carbocycles. The Balaban J connectivity index is 1.66. The summed E-state index contributed by atoms with van der Waals surface area (Å²) < 4.78 is 6.12. The Labute approximate surface area is 172 Å². The van der Waals surface area contributed by atoms with Crippen molar-refractivity contribution in [2.45, 2.75) is 26.9 Å². The lowest BCUT2D eigenvalue weighted by Gasteiger charge is -2.15. The Kier molecular flexibility index (Phi) is 5.48. The molecule has 0 spiro atoms. The quantitative estimate of drug-likeness (QED) is 0.498. The van der Waals surface area contributed by atoms with Gasteiger partial charge in [-0.3, -0.25) is 4.79 Å². The maximum Gasteiger partial charge on any atom is 0.258 e. The molecule has 0 bridgehead atoms. The monoisotopic (exact) mass is 383 g/mol. The molecule has 0 fully saturated rings. The van der Waals surface area contributed by atoms with E-state index in [4.69, 9.17) is 4.74 Å². The maximum absolute atomic E-state index is 13.1. The minimum Gasteiger partial charge on any atom is -0.488 e. The zero-order valence-electron chi connectivity index (χ0n) is 16.9. The maximum atomic E-state index is 13.1. The number of hydrogen-bond donors (Lipinski definition) is 0. The Morgan fingerprint density at radius 1 is 0.966 bits per heavy atom. The van der Waals surface area contributed by atoms with Crippen LogP contribution in [0.2, 0.25) is 0 Å². The molecule has 4 rings (SSSR count). The van der Waals surface area contributed by atoms with Crippen molar-refractivity contribution in [3.05, 3.63) is 95.1 Å². The molecule has 3 aromatic carbocycles. The van der Waals surface area contributed by atoms with Crippen molar-refractivity contribution in [2.75, 3.05) is 11.4 Å². The molecule has 1 aliphatic heterocycles. The normalized spacial score (nSPS) is 14.3. The molecule has 3 heteroatoms. The van der Waals surface area contributed by atoms with Crippen LogP contribution in [0.1, 0.15) is 35.6 Å². The van der Waals surface area contributed by atoms with Gasteiger partial charge in [-0.25, -0.2) is 0 Å². The highest BCUT2D eigenvalue weighted by molar-refractivity contribution is 6.35. The Morgan fingerprint density at radius 2 is 1.76 bits per heavy atom. The highest BCUT2D eigenvalue weighted by atomic mass is 16.5. The van der Waals surface area contributed by atoms with E-state index >= 15 is 0 Å². The highest BCUT2D eigenvalue weighted by Crippen LogP contribution is 2.38. The van der Waals surface area contributed by atoms with Crippen molar-refractivity contribution in [3.8, 4) is 5.75 Å². The third kappa shape index (κ3) is 3.95. The first-order valence-electron chi connectivity index (χ1n) is 10.1. The Morgan fingerprint density at radius 3 is 2.59 bits per heavy atom. The van der Waals surface area contributed by atoms with Crippen LogP contribution in [0.15, 0.2) is 72.8 Å². The summed E-state index contributed by atoms with van der Waals surface area (Å²) in [5, 5.41) is 0. The fourth-order valence-corrected chi connectivity index (χ4v) is 3.74. The number of ether oxygens (including phenoxy) is 1. The Hall–Kier alpha value is -3.33. The van der Waals surface area contributed by atoms with Gasteiger partial charge < -0.3 is 9.64 Å². The zero-order valence-corrected chi connectivity index (χ0v) is 16.9. The molecule has 146 valence electrons. The van der Waals surface area contributed by atoms with Crippen LogP contribution in [0.25, 0.3) is 11.6 Å². The number of carbonyl (C=O) groups is 1.